The zero-order valence-electron chi connectivity index (χ0n) is 20.3. The highest BCUT2D eigenvalue weighted by Gasteiger charge is 2.20. The lowest BCUT2D eigenvalue weighted by molar-refractivity contribution is -0.136. The van der Waals surface area contributed by atoms with E-state index in [9.17, 15) is 19.2 Å². The topological polar surface area (TPSA) is 115 Å². The zero-order valence-corrected chi connectivity index (χ0v) is 20.3. The number of nitrogens with zero attached hydrogens (tertiary/aromatic N) is 3. The average molecular weight is 492 g/mol. The van der Waals surface area contributed by atoms with E-state index in [1.54, 1.807) is 41.8 Å². The molecule has 188 valence electrons. The van der Waals surface area contributed by atoms with Gasteiger partial charge in [-0.25, -0.2) is 4.68 Å². The molecular formula is C26H29N5O5. The van der Waals surface area contributed by atoms with Gasteiger partial charge < -0.3 is 20.3 Å². The van der Waals surface area contributed by atoms with Crippen molar-refractivity contribution in [2.45, 2.75) is 19.8 Å². The van der Waals surface area contributed by atoms with Gasteiger partial charge in [-0.15, -0.1) is 0 Å². The van der Waals surface area contributed by atoms with E-state index in [0.717, 1.165) is 0 Å². The molecule has 0 radical (unpaired) electrons. The second-order valence-corrected chi connectivity index (χ2v) is 8.51. The van der Waals surface area contributed by atoms with Crippen molar-refractivity contribution in [1.82, 2.24) is 14.3 Å². The fourth-order valence-corrected chi connectivity index (χ4v) is 4.05. The van der Waals surface area contributed by atoms with Gasteiger partial charge in [-0.3, -0.25) is 23.9 Å². The Labute approximate surface area is 208 Å². The number of ether oxygens (including phenoxy) is 1. The maximum Gasteiger partial charge on any atom is 0.295 e. The molecule has 1 aromatic heterocycles. The average Bonchev–Trinajstić information content (AvgIpc) is 3.11. The molecule has 0 bridgehead atoms. The highest BCUT2D eigenvalue weighted by Crippen LogP contribution is 2.17. The van der Waals surface area contributed by atoms with Gasteiger partial charge in [0.25, 0.3) is 11.5 Å². The van der Waals surface area contributed by atoms with Crippen molar-refractivity contribution < 1.29 is 19.1 Å². The van der Waals surface area contributed by atoms with Crippen LogP contribution in [0.1, 0.15) is 28.9 Å². The Morgan fingerprint density at radius 2 is 1.67 bits per heavy atom. The van der Waals surface area contributed by atoms with E-state index in [-0.39, 0.29) is 41.5 Å². The van der Waals surface area contributed by atoms with Crippen molar-refractivity contribution in [3.8, 4) is 5.69 Å². The number of hydrogen-bond donors (Lipinski definition) is 2. The van der Waals surface area contributed by atoms with E-state index in [2.05, 4.69) is 10.6 Å². The highest BCUT2D eigenvalue weighted by molar-refractivity contribution is 6.05. The molecule has 3 aromatic rings. The van der Waals surface area contributed by atoms with Gasteiger partial charge in [0.15, 0.2) is 0 Å². The molecule has 0 spiro atoms. The molecule has 0 unspecified atom stereocenters. The smallest absolute Gasteiger partial charge is 0.295 e. The molecular weight excluding hydrogens is 462 g/mol. The Kier molecular flexibility index (Phi) is 7.65. The Morgan fingerprint density at radius 1 is 0.944 bits per heavy atom. The molecule has 2 aromatic carbocycles. The normalized spacial score (nSPS) is 13.3. The SMILES string of the molecule is Cc1c(NC(=O)c2cccc(NC(=O)CCC(=O)N3CCOCC3)c2)c(=O)n(-c2ccccc2)n1C. The minimum atomic E-state index is -0.473. The summed E-state index contributed by atoms with van der Waals surface area (Å²) < 4.78 is 8.41. The second-order valence-electron chi connectivity index (χ2n) is 8.51. The van der Waals surface area contributed by atoms with E-state index >= 15 is 0 Å². The molecule has 10 nitrogen and oxygen atoms in total. The summed E-state index contributed by atoms with van der Waals surface area (Å²) in [5.41, 5.74) is 1.84. The van der Waals surface area contributed by atoms with Crippen LogP contribution in [-0.4, -0.2) is 58.3 Å². The fraction of sp³-hybridized carbons (Fsp3) is 0.308. The maximum atomic E-state index is 13.1. The van der Waals surface area contributed by atoms with Crippen molar-refractivity contribution in [3.05, 3.63) is 76.2 Å². The number of carbonyl (C=O) groups is 3. The molecule has 1 fully saturated rings. The standard InChI is InChI=1S/C26H29N5O5/c1-18-24(26(35)31(29(18)2)21-9-4-3-5-10-21)28-25(34)19-7-6-8-20(17-19)27-22(32)11-12-23(33)30-13-15-36-16-14-30/h3-10,17H,11-16H2,1-2H3,(H,27,32)(H,28,34). The van der Waals surface area contributed by atoms with E-state index in [1.807, 2.05) is 30.3 Å². The summed E-state index contributed by atoms with van der Waals surface area (Å²) >= 11 is 0. The number of morpholine rings is 1. The largest absolute Gasteiger partial charge is 0.378 e. The quantitative estimate of drug-likeness (QED) is 0.527. The third-order valence-corrected chi connectivity index (χ3v) is 6.13. The highest BCUT2D eigenvalue weighted by atomic mass is 16.5. The van der Waals surface area contributed by atoms with Gasteiger partial charge in [0.2, 0.25) is 11.8 Å². The van der Waals surface area contributed by atoms with Gasteiger partial charge >= 0.3 is 0 Å². The van der Waals surface area contributed by atoms with Crippen LogP contribution in [0.5, 0.6) is 0 Å². The minimum absolute atomic E-state index is 0.0366. The predicted molar refractivity (Wildman–Crippen MR) is 135 cm³/mol. The van der Waals surface area contributed by atoms with Gasteiger partial charge in [-0.1, -0.05) is 24.3 Å². The van der Waals surface area contributed by atoms with Crippen LogP contribution in [0.25, 0.3) is 5.69 Å². The lowest BCUT2D eigenvalue weighted by Crippen LogP contribution is -2.40. The lowest BCUT2D eigenvalue weighted by Gasteiger charge is -2.26. The van der Waals surface area contributed by atoms with E-state index < -0.39 is 5.91 Å². The summed E-state index contributed by atoms with van der Waals surface area (Å²) in [6.45, 7) is 3.85. The van der Waals surface area contributed by atoms with Crippen LogP contribution in [0.3, 0.4) is 0 Å². The van der Waals surface area contributed by atoms with Crippen LogP contribution >= 0.6 is 0 Å². The summed E-state index contributed by atoms with van der Waals surface area (Å²) in [6, 6.07) is 15.6. The molecule has 1 aliphatic heterocycles. The van der Waals surface area contributed by atoms with E-state index in [0.29, 0.717) is 43.4 Å². The number of para-hydroxylation sites is 1. The first kappa shape index (κ1) is 24.9. The summed E-state index contributed by atoms with van der Waals surface area (Å²) in [7, 11) is 1.75. The van der Waals surface area contributed by atoms with Crippen LogP contribution < -0.4 is 16.2 Å². The number of benzene rings is 2. The minimum Gasteiger partial charge on any atom is -0.378 e. The van der Waals surface area contributed by atoms with Crippen LogP contribution in [0, 0.1) is 6.92 Å². The Hall–Kier alpha value is -4.18. The van der Waals surface area contributed by atoms with Crippen LogP contribution in [0.15, 0.2) is 59.4 Å². The third-order valence-electron chi connectivity index (χ3n) is 6.13. The van der Waals surface area contributed by atoms with Gasteiger partial charge in [0.1, 0.15) is 5.69 Å². The summed E-state index contributed by atoms with van der Waals surface area (Å²) in [5.74, 6) is -0.876. The molecule has 1 saturated heterocycles. The van der Waals surface area contributed by atoms with Crippen molar-refractivity contribution in [3.63, 3.8) is 0 Å². The summed E-state index contributed by atoms with van der Waals surface area (Å²) in [4.78, 5) is 52.4. The molecule has 0 atom stereocenters. The lowest BCUT2D eigenvalue weighted by atomic mass is 10.1. The molecule has 36 heavy (non-hydrogen) atoms. The van der Waals surface area contributed by atoms with Gasteiger partial charge in [0, 0.05) is 44.2 Å². The molecule has 2 N–H and O–H groups in total. The van der Waals surface area contributed by atoms with Crippen LogP contribution in [0.4, 0.5) is 11.4 Å². The molecule has 1 aliphatic rings. The van der Waals surface area contributed by atoms with Gasteiger partial charge in [0.05, 0.1) is 24.6 Å². The number of nitrogens with one attached hydrogen (secondary N) is 2. The predicted octanol–water partition coefficient (Wildman–Crippen LogP) is 2.31. The summed E-state index contributed by atoms with van der Waals surface area (Å²) in [6.07, 6.45) is 0.141. The first-order chi connectivity index (χ1) is 17.3. The fourth-order valence-electron chi connectivity index (χ4n) is 4.05. The number of anilines is 2. The van der Waals surface area contributed by atoms with Crippen LogP contribution in [0.2, 0.25) is 0 Å². The van der Waals surface area contributed by atoms with Gasteiger partial charge in [-0.2, -0.15) is 0 Å². The Morgan fingerprint density at radius 3 is 2.39 bits per heavy atom. The van der Waals surface area contributed by atoms with E-state index in [1.165, 1.54) is 10.7 Å². The molecule has 10 heteroatoms. The van der Waals surface area contributed by atoms with E-state index in [4.69, 9.17) is 4.74 Å². The summed E-state index contributed by atoms with van der Waals surface area (Å²) in [5, 5.41) is 5.45. The van der Waals surface area contributed by atoms with Gasteiger partial charge in [-0.05, 0) is 37.3 Å². The monoisotopic (exact) mass is 491 g/mol. The molecule has 2 heterocycles. The number of rotatable bonds is 7. The zero-order chi connectivity index (χ0) is 25.7. The number of amides is 3. The molecule has 4 rings (SSSR count). The number of hydrogen-bond acceptors (Lipinski definition) is 5. The Balaban J connectivity index is 1.41. The maximum absolute atomic E-state index is 13.1. The van der Waals surface area contributed by atoms with Crippen molar-refractivity contribution in [2.75, 3.05) is 36.9 Å². The number of aromatic nitrogens is 2. The van der Waals surface area contributed by atoms with Crippen LogP contribution in [-0.2, 0) is 21.4 Å². The molecule has 3 amide bonds. The van der Waals surface area contributed by atoms with Crippen molar-refractivity contribution >= 4 is 29.1 Å². The van der Waals surface area contributed by atoms with Crippen molar-refractivity contribution in [1.29, 1.82) is 0 Å². The first-order valence-corrected chi connectivity index (χ1v) is 11.8. The molecule has 0 saturated carbocycles. The van der Waals surface area contributed by atoms with Crippen molar-refractivity contribution in [2.24, 2.45) is 7.05 Å². The Bertz CT molecular complexity index is 1320. The first-order valence-electron chi connectivity index (χ1n) is 11.8. The third kappa shape index (κ3) is 5.55. The molecule has 0 aliphatic carbocycles. The second kappa shape index (κ2) is 11.0. The number of carbonyl (C=O) groups excluding carboxylic acids is 3.